The van der Waals surface area contributed by atoms with E-state index in [4.69, 9.17) is 5.73 Å². The zero-order chi connectivity index (χ0) is 10.3. The number of aromatic nitrogens is 2. The summed E-state index contributed by atoms with van der Waals surface area (Å²) in [5.41, 5.74) is 8.25. The van der Waals surface area contributed by atoms with Gasteiger partial charge in [0, 0.05) is 29.0 Å². The van der Waals surface area contributed by atoms with E-state index in [9.17, 15) is 0 Å². The lowest BCUT2D eigenvalue weighted by molar-refractivity contribution is 0.784. The Kier molecular flexibility index (Phi) is 2.33. The average molecular weight is 209 g/mol. The van der Waals surface area contributed by atoms with E-state index in [1.165, 1.54) is 16.3 Å². The predicted molar refractivity (Wildman–Crippen MR) is 59.8 cm³/mol. The van der Waals surface area contributed by atoms with Gasteiger partial charge in [-0.15, -0.1) is 0 Å². The Morgan fingerprint density at radius 2 is 2.29 bits per heavy atom. The molecule has 3 nitrogen and oxygen atoms in total. The van der Waals surface area contributed by atoms with E-state index in [0.717, 1.165) is 4.96 Å². The molecule has 2 aromatic heterocycles. The van der Waals surface area contributed by atoms with Crippen molar-refractivity contribution in [2.45, 2.75) is 33.2 Å². The Morgan fingerprint density at radius 3 is 2.86 bits per heavy atom. The van der Waals surface area contributed by atoms with Crippen LogP contribution < -0.4 is 5.73 Å². The van der Waals surface area contributed by atoms with E-state index in [0.29, 0.717) is 12.5 Å². The van der Waals surface area contributed by atoms with Crippen molar-refractivity contribution in [3.8, 4) is 0 Å². The quantitative estimate of drug-likeness (QED) is 0.824. The molecule has 0 aromatic carbocycles. The van der Waals surface area contributed by atoms with Crippen molar-refractivity contribution in [3.63, 3.8) is 0 Å². The fourth-order valence-electron chi connectivity index (χ4n) is 1.79. The van der Waals surface area contributed by atoms with E-state index in [1.54, 1.807) is 11.3 Å². The molecule has 0 radical (unpaired) electrons. The van der Waals surface area contributed by atoms with Gasteiger partial charge in [0.2, 0.25) is 0 Å². The molecule has 2 N–H and O–H groups in total. The van der Waals surface area contributed by atoms with E-state index in [-0.39, 0.29) is 0 Å². The maximum Gasteiger partial charge on any atom is 0.194 e. The van der Waals surface area contributed by atoms with E-state index >= 15 is 0 Å². The highest BCUT2D eigenvalue weighted by Gasteiger charge is 2.15. The van der Waals surface area contributed by atoms with Crippen molar-refractivity contribution in [2.75, 3.05) is 0 Å². The molecule has 76 valence electrons. The van der Waals surface area contributed by atoms with E-state index in [1.807, 2.05) is 6.20 Å². The molecule has 0 atom stereocenters. The van der Waals surface area contributed by atoms with Crippen LogP contribution in [0.3, 0.4) is 0 Å². The third-order valence-electron chi connectivity index (χ3n) is 2.38. The summed E-state index contributed by atoms with van der Waals surface area (Å²) in [5, 5.41) is 0. The molecule has 0 bridgehead atoms. The van der Waals surface area contributed by atoms with Crippen LogP contribution in [-0.4, -0.2) is 9.38 Å². The zero-order valence-corrected chi connectivity index (χ0v) is 9.56. The maximum absolute atomic E-state index is 5.73. The molecule has 0 unspecified atom stereocenters. The third kappa shape index (κ3) is 1.26. The molecule has 2 rings (SSSR count). The summed E-state index contributed by atoms with van der Waals surface area (Å²) < 4.78 is 2.22. The zero-order valence-electron chi connectivity index (χ0n) is 8.74. The first-order valence-electron chi connectivity index (χ1n) is 4.80. The summed E-state index contributed by atoms with van der Waals surface area (Å²) in [6.07, 6.45) is 1.91. The highest BCUT2D eigenvalue weighted by atomic mass is 32.1. The van der Waals surface area contributed by atoms with Crippen LogP contribution in [0, 0.1) is 6.92 Å². The van der Waals surface area contributed by atoms with Crippen molar-refractivity contribution >= 4 is 16.3 Å². The number of rotatable bonds is 2. The van der Waals surface area contributed by atoms with Gasteiger partial charge in [0.25, 0.3) is 0 Å². The van der Waals surface area contributed by atoms with Gasteiger partial charge in [-0.1, -0.05) is 25.2 Å². The normalized spacial score (nSPS) is 11.8. The third-order valence-corrected chi connectivity index (χ3v) is 3.47. The summed E-state index contributed by atoms with van der Waals surface area (Å²) >= 11 is 1.70. The van der Waals surface area contributed by atoms with Gasteiger partial charge in [-0.05, 0) is 12.8 Å². The molecule has 2 heterocycles. The van der Waals surface area contributed by atoms with Crippen molar-refractivity contribution in [1.82, 2.24) is 9.38 Å². The fourth-order valence-corrected chi connectivity index (χ4v) is 2.97. The molecular formula is C10H15N3S. The molecule has 0 aliphatic heterocycles. The van der Waals surface area contributed by atoms with Crippen LogP contribution >= 0.6 is 11.3 Å². The van der Waals surface area contributed by atoms with Gasteiger partial charge < -0.3 is 5.73 Å². The van der Waals surface area contributed by atoms with Crippen molar-refractivity contribution < 1.29 is 0 Å². The summed E-state index contributed by atoms with van der Waals surface area (Å²) in [4.78, 5) is 6.67. The van der Waals surface area contributed by atoms with Gasteiger partial charge in [0.15, 0.2) is 4.96 Å². The van der Waals surface area contributed by atoms with Gasteiger partial charge in [0.05, 0.1) is 0 Å². The molecular weight excluding hydrogens is 194 g/mol. The van der Waals surface area contributed by atoms with Crippen LogP contribution in [0.25, 0.3) is 4.96 Å². The fraction of sp³-hybridized carbons (Fsp3) is 0.500. The van der Waals surface area contributed by atoms with Crippen LogP contribution in [-0.2, 0) is 6.54 Å². The van der Waals surface area contributed by atoms with Gasteiger partial charge in [0.1, 0.15) is 0 Å². The molecule has 0 saturated heterocycles. The second-order valence-corrected chi connectivity index (χ2v) is 4.85. The molecule has 0 aliphatic rings. The van der Waals surface area contributed by atoms with Crippen molar-refractivity contribution in [2.24, 2.45) is 5.73 Å². The Hall–Kier alpha value is -0.870. The largest absolute Gasteiger partial charge is 0.326 e. The van der Waals surface area contributed by atoms with E-state index < -0.39 is 0 Å². The minimum absolute atomic E-state index is 0.496. The van der Waals surface area contributed by atoms with E-state index in [2.05, 4.69) is 30.2 Å². The first-order chi connectivity index (χ1) is 6.65. The summed E-state index contributed by atoms with van der Waals surface area (Å²) in [6.45, 7) is 7.08. The topological polar surface area (TPSA) is 43.3 Å². The number of thiazole rings is 1. The lowest BCUT2D eigenvalue weighted by Gasteiger charge is -2.07. The number of nitrogens with two attached hydrogens (primary N) is 1. The van der Waals surface area contributed by atoms with Gasteiger partial charge in [-0.25, -0.2) is 4.98 Å². The summed E-state index contributed by atoms with van der Waals surface area (Å²) in [6, 6.07) is 0. The Labute approximate surface area is 87.6 Å². The van der Waals surface area contributed by atoms with Gasteiger partial charge in [-0.3, -0.25) is 4.40 Å². The second-order valence-electron chi connectivity index (χ2n) is 3.79. The minimum atomic E-state index is 0.496. The number of fused-ring (bicyclic) bond motifs is 1. The van der Waals surface area contributed by atoms with Crippen LogP contribution in [0.4, 0.5) is 0 Å². The number of hydrogen-bond acceptors (Lipinski definition) is 3. The lowest BCUT2D eigenvalue weighted by atomic mass is 10.1. The number of imidazole rings is 1. The maximum atomic E-state index is 5.73. The van der Waals surface area contributed by atoms with Crippen LogP contribution in [0.15, 0.2) is 6.20 Å². The second kappa shape index (κ2) is 3.37. The first-order valence-corrected chi connectivity index (χ1v) is 5.62. The van der Waals surface area contributed by atoms with Crippen molar-refractivity contribution in [3.05, 3.63) is 22.5 Å². The molecule has 0 spiro atoms. The standard InChI is InChI=1S/C10H15N3S/c1-6(2)9-8(4-11)14-10-12-5-7(3)13(9)10/h5-6H,4,11H2,1-3H3. The summed E-state index contributed by atoms with van der Waals surface area (Å²) in [5.74, 6) is 0.496. The summed E-state index contributed by atoms with van der Waals surface area (Å²) in [7, 11) is 0. The van der Waals surface area contributed by atoms with Crippen LogP contribution in [0.5, 0.6) is 0 Å². The predicted octanol–water partition coefficient (Wildman–Crippen LogP) is 2.29. The molecule has 0 aliphatic carbocycles. The SMILES string of the molecule is Cc1cnc2sc(CN)c(C(C)C)n12. The van der Waals surface area contributed by atoms with Crippen molar-refractivity contribution in [1.29, 1.82) is 0 Å². The Morgan fingerprint density at radius 1 is 1.57 bits per heavy atom. The minimum Gasteiger partial charge on any atom is -0.326 e. The lowest BCUT2D eigenvalue weighted by Crippen LogP contribution is -2.03. The Balaban J connectivity index is 2.77. The monoisotopic (exact) mass is 209 g/mol. The Bertz CT molecular complexity index is 453. The average Bonchev–Trinajstić information content (AvgIpc) is 2.65. The van der Waals surface area contributed by atoms with Crippen LogP contribution in [0.2, 0.25) is 0 Å². The number of nitrogens with zero attached hydrogens (tertiary/aromatic N) is 2. The molecule has 14 heavy (non-hydrogen) atoms. The highest BCUT2D eigenvalue weighted by molar-refractivity contribution is 7.17. The number of aryl methyl sites for hydroxylation is 1. The molecule has 4 heteroatoms. The first kappa shape index (κ1) is 9.68. The van der Waals surface area contributed by atoms with Crippen LogP contribution in [0.1, 0.15) is 36.0 Å². The van der Waals surface area contributed by atoms with Gasteiger partial charge in [-0.2, -0.15) is 0 Å². The molecule has 2 aromatic rings. The molecule has 0 amide bonds. The molecule has 0 fully saturated rings. The number of hydrogen-bond donors (Lipinski definition) is 1. The van der Waals surface area contributed by atoms with Gasteiger partial charge >= 0.3 is 0 Å². The highest BCUT2D eigenvalue weighted by Crippen LogP contribution is 2.29. The smallest absolute Gasteiger partial charge is 0.194 e. The molecule has 0 saturated carbocycles.